The average Bonchev–Trinajstić information content (AvgIpc) is 2.62. The summed E-state index contributed by atoms with van der Waals surface area (Å²) in [6.07, 6.45) is -0.355. The molecular weight excluding hydrogens is 226 g/mol. The lowest BCUT2D eigenvalue weighted by molar-refractivity contribution is -0.120. The van der Waals surface area contributed by atoms with Crippen molar-refractivity contribution in [1.82, 2.24) is 0 Å². The van der Waals surface area contributed by atoms with E-state index in [0.29, 0.717) is 11.4 Å². The van der Waals surface area contributed by atoms with Gasteiger partial charge in [0, 0.05) is 18.8 Å². The molecule has 3 nitrogen and oxygen atoms in total. The van der Waals surface area contributed by atoms with E-state index >= 15 is 0 Å². The zero-order valence-electron chi connectivity index (χ0n) is 9.25. The number of carbonyl (C=O) groups excluding carboxylic acids is 1. The van der Waals surface area contributed by atoms with E-state index in [1.165, 1.54) is 0 Å². The highest BCUT2D eigenvalue weighted by Crippen LogP contribution is 2.39. The normalized spacial score (nSPS) is 22.4. The summed E-state index contributed by atoms with van der Waals surface area (Å²) in [5.74, 6) is -3.70. The Bertz CT molecular complexity index is 434. The Morgan fingerprint density at radius 3 is 2.71 bits per heavy atom. The summed E-state index contributed by atoms with van der Waals surface area (Å²) < 4.78 is 25.9. The number of hydrogen-bond acceptors (Lipinski definition) is 2. The van der Waals surface area contributed by atoms with Gasteiger partial charge in [0.2, 0.25) is 11.8 Å². The Balaban J connectivity index is 2.01. The number of nitrogen functional groups attached to an aromatic ring is 1. The molecule has 0 radical (unpaired) electrons. The molecule has 92 valence electrons. The summed E-state index contributed by atoms with van der Waals surface area (Å²) in [4.78, 5) is 11.8. The van der Waals surface area contributed by atoms with Crippen molar-refractivity contribution < 1.29 is 13.6 Å². The van der Waals surface area contributed by atoms with Crippen LogP contribution in [0.5, 0.6) is 0 Å². The molecule has 1 atom stereocenters. The van der Waals surface area contributed by atoms with Crippen LogP contribution in [-0.2, 0) is 4.79 Å². The molecule has 1 aromatic carbocycles. The van der Waals surface area contributed by atoms with Gasteiger partial charge >= 0.3 is 0 Å². The van der Waals surface area contributed by atoms with Gasteiger partial charge in [0.1, 0.15) is 0 Å². The highest BCUT2D eigenvalue weighted by atomic mass is 19.3. The van der Waals surface area contributed by atoms with E-state index in [1.54, 1.807) is 24.3 Å². The second kappa shape index (κ2) is 4.31. The molecule has 0 saturated heterocycles. The summed E-state index contributed by atoms with van der Waals surface area (Å²) in [5, 5.41) is 2.59. The summed E-state index contributed by atoms with van der Waals surface area (Å²) >= 11 is 0. The number of anilines is 2. The van der Waals surface area contributed by atoms with Crippen molar-refractivity contribution >= 4 is 17.3 Å². The first-order valence-corrected chi connectivity index (χ1v) is 5.51. The van der Waals surface area contributed by atoms with Crippen molar-refractivity contribution in [3.8, 4) is 0 Å². The van der Waals surface area contributed by atoms with Gasteiger partial charge in [-0.05, 0) is 18.6 Å². The third-order valence-electron chi connectivity index (χ3n) is 2.99. The Morgan fingerprint density at radius 2 is 2.12 bits per heavy atom. The van der Waals surface area contributed by atoms with Crippen molar-refractivity contribution in [3.05, 3.63) is 24.3 Å². The largest absolute Gasteiger partial charge is 0.397 e. The number of alkyl halides is 2. The zero-order chi connectivity index (χ0) is 12.5. The minimum Gasteiger partial charge on any atom is -0.397 e. The van der Waals surface area contributed by atoms with Crippen molar-refractivity contribution in [2.75, 3.05) is 11.1 Å². The first kappa shape index (κ1) is 11.8. The maximum atomic E-state index is 13.0. The number of para-hydroxylation sites is 2. The van der Waals surface area contributed by atoms with Crippen molar-refractivity contribution in [2.24, 2.45) is 5.92 Å². The number of hydrogen-bond donors (Lipinski definition) is 2. The van der Waals surface area contributed by atoms with Gasteiger partial charge in [-0.15, -0.1) is 0 Å². The third-order valence-corrected chi connectivity index (χ3v) is 2.99. The molecule has 2 rings (SSSR count). The van der Waals surface area contributed by atoms with Crippen LogP contribution in [0.2, 0.25) is 0 Å². The predicted molar refractivity (Wildman–Crippen MR) is 61.8 cm³/mol. The van der Waals surface area contributed by atoms with Crippen LogP contribution in [0.1, 0.15) is 19.3 Å². The lowest BCUT2D eigenvalue weighted by atomic mass is 10.1. The Hall–Kier alpha value is -1.65. The molecule has 1 unspecified atom stereocenters. The minimum absolute atomic E-state index is 0.213. The van der Waals surface area contributed by atoms with Crippen LogP contribution in [-0.4, -0.2) is 11.8 Å². The summed E-state index contributed by atoms with van der Waals surface area (Å²) in [7, 11) is 0. The molecule has 1 fully saturated rings. The second-order valence-corrected chi connectivity index (χ2v) is 4.37. The molecular formula is C12H14F2N2O. The quantitative estimate of drug-likeness (QED) is 0.781. The van der Waals surface area contributed by atoms with Gasteiger partial charge < -0.3 is 11.1 Å². The first-order chi connectivity index (χ1) is 7.98. The molecule has 1 aromatic rings. The van der Waals surface area contributed by atoms with Crippen LogP contribution in [0, 0.1) is 5.92 Å². The molecule has 1 saturated carbocycles. The molecule has 17 heavy (non-hydrogen) atoms. The minimum atomic E-state index is -2.70. The van der Waals surface area contributed by atoms with Gasteiger partial charge in [-0.2, -0.15) is 0 Å². The first-order valence-electron chi connectivity index (χ1n) is 5.51. The maximum Gasteiger partial charge on any atom is 0.248 e. The number of carbonyl (C=O) groups is 1. The fraction of sp³-hybridized carbons (Fsp3) is 0.417. The number of nitrogens with two attached hydrogens (primary N) is 1. The number of nitrogens with one attached hydrogen (secondary N) is 1. The van der Waals surface area contributed by atoms with E-state index in [9.17, 15) is 13.6 Å². The number of halogens is 2. The van der Waals surface area contributed by atoms with Crippen molar-refractivity contribution in [3.63, 3.8) is 0 Å². The van der Waals surface area contributed by atoms with E-state index in [1.807, 2.05) is 0 Å². The molecule has 0 spiro atoms. The summed E-state index contributed by atoms with van der Waals surface area (Å²) in [6, 6.07) is 6.78. The van der Waals surface area contributed by atoms with Gasteiger partial charge in [-0.3, -0.25) is 4.79 Å². The molecule has 0 aliphatic heterocycles. The van der Waals surface area contributed by atoms with Gasteiger partial charge in [-0.25, -0.2) is 8.78 Å². The van der Waals surface area contributed by atoms with Gasteiger partial charge in [0.05, 0.1) is 11.4 Å². The van der Waals surface area contributed by atoms with Crippen LogP contribution >= 0.6 is 0 Å². The van der Waals surface area contributed by atoms with E-state index in [2.05, 4.69) is 5.32 Å². The molecule has 3 N–H and O–H groups in total. The Kier molecular flexibility index (Phi) is 3.00. The van der Waals surface area contributed by atoms with Gasteiger partial charge in [0.15, 0.2) is 0 Å². The molecule has 1 aliphatic carbocycles. The summed E-state index contributed by atoms with van der Waals surface area (Å²) in [5.41, 5.74) is 6.57. The molecule has 0 aromatic heterocycles. The van der Waals surface area contributed by atoms with Crippen LogP contribution in [0.25, 0.3) is 0 Å². The number of rotatable bonds is 2. The van der Waals surface area contributed by atoms with Crippen molar-refractivity contribution in [2.45, 2.75) is 25.2 Å². The van der Waals surface area contributed by atoms with Crippen LogP contribution in [0.4, 0.5) is 20.2 Å². The fourth-order valence-electron chi connectivity index (χ4n) is 2.02. The van der Waals surface area contributed by atoms with Gasteiger partial charge in [-0.1, -0.05) is 12.1 Å². The lowest BCUT2D eigenvalue weighted by Gasteiger charge is -2.12. The lowest BCUT2D eigenvalue weighted by Crippen LogP contribution is -2.22. The highest BCUT2D eigenvalue weighted by molar-refractivity contribution is 5.95. The Labute approximate surface area is 98.0 Å². The monoisotopic (exact) mass is 240 g/mol. The fourth-order valence-corrected chi connectivity index (χ4v) is 2.02. The van der Waals surface area contributed by atoms with E-state index in [0.717, 1.165) is 0 Å². The smallest absolute Gasteiger partial charge is 0.248 e. The molecule has 1 amide bonds. The molecule has 0 heterocycles. The number of benzene rings is 1. The SMILES string of the molecule is Nc1ccccc1NC(=O)C1CCC(F)(F)C1. The number of amides is 1. The molecule has 0 bridgehead atoms. The highest BCUT2D eigenvalue weighted by Gasteiger charge is 2.42. The van der Waals surface area contributed by atoms with E-state index in [4.69, 9.17) is 5.73 Å². The third kappa shape index (κ3) is 2.72. The maximum absolute atomic E-state index is 13.0. The molecule has 5 heteroatoms. The average molecular weight is 240 g/mol. The van der Waals surface area contributed by atoms with Crippen LogP contribution in [0.15, 0.2) is 24.3 Å². The van der Waals surface area contributed by atoms with E-state index < -0.39 is 11.8 Å². The molecule has 1 aliphatic rings. The van der Waals surface area contributed by atoms with Crippen molar-refractivity contribution in [1.29, 1.82) is 0 Å². The topological polar surface area (TPSA) is 55.1 Å². The second-order valence-electron chi connectivity index (χ2n) is 4.37. The van der Waals surface area contributed by atoms with Crippen LogP contribution in [0.3, 0.4) is 0 Å². The van der Waals surface area contributed by atoms with Gasteiger partial charge in [0.25, 0.3) is 0 Å². The predicted octanol–water partition coefficient (Wildman–Crippen LogP) is 2.64. The zero-order valence-corrected chi connectivity index (χ0v) is 9.25. The Morgan fingerprint density at radius 1 is 1.41 bits per heavy atom. The van der Waals surface area contributed by atoms with E-state index in [-0.39, 0.29) is 25.2 Å². The van der Waals surface area contributed by atoms with Crippen LogP contribution < -0.4 is 11.1 Å². The standard InChI is InChI=1S/C12H14F2N2O/c13-12(14)6-5-8(7-12)11(17)16-10-4-2-1-3-9(10)15/h1-4,8H,5-7,15H2,(H,16,17). The summed E-state index contributed by atoms with van der Waals surface area (Å²) in [6.45, 7) is 0.